The summed E-state index contributed by atoms with van der Waals surface area (Å²) in [6.07, 6.45) is -0.0658. The highest BCUT2D eigenvalue weighted by molar-refractivity contribution is 5.96. The van der Waals surface area contributed by atoms with Gasteiger partial charge in [-0.25, -0.2) is 13.6 Å². The van der Waals surface area contributed by atoms with Gasteiger partial charge in [0.15, 0.2) is 11.6 Å². The maximum atomic E-state index is 13.6. The first kappa shape index (κ1) is 17.1. The number of halogens is 2. The number of benzene rings is 2. The van der Waals surface area contributed by atoms with Gasteiger partial charge in [-0.2, -0.15) is 5.26 Å². The fraction of sp³-hybridized carbons (Fsp3) is 0.118. The molecule has 0 unspecified atom stereocenters. The number of carbonyl (C=O) groups is 2. The van der Waals surface area contributed by atoms with Gasteiger partial charge in [0.1, 0.15) is 6.04 Å². The van der Waals surface area contributed by atoms with Crippen molar-refractivity contribution in [3.8, 4) is 6.07 Å². The molecule has 1 atom stereocenters. The number of amides is 1. The standard InChI is InChI=1S/C17H12F2N2O3/c18-13-3-1-2-12(15(13)19)16(22)21-14(17(23)24)8-10-4-6-11(9-20)7-5-10/h1-7,14H,8H2,(H,21,22)(H,23,24)/t14-/m0/s1. The van der Waals surface area contributed by atoms with Crippen molar-refractivity contribution in [2.24, 2.45) is 0 Å². The Balaban J connectivity index is 2.16. The van der Waals surface area contributed by atoms with Crippen LogP contribution in [0.15, 0.2) is 42.5 Å². The van der Waals surface area contributed by atoms with Crippen LogP contribution >= 0.6 is 0 Å². The van der Waals surface area contributed by atoms with E-state index in [4.69, 9.17) is 5.26 Å². The minimum atomic E-state index is -1.34. The molecule has 1 amide bonds. The summed E-state index contributed by atoms with van der Waals surface area (Å²) in [6, 6.07) is 9.84. The van der Waals surface area contributed by atoms with Crippen LogP contribution < -0.4 is 5.32 Å². The van der Waals surface area contributed by atoms with Gasteiger partial charge in [0.05, 0.1) is 17.2 Å². The Kier molecular flexibility index (Phi) is 5.22. The van der Waals surface area contributed by atoms with Crippen molar-refractivity contribution in [2.75, 3.05) is 0 Å². The molecule has 0 spiro atoms. The highest BCUT2D eigenvalue weighted by Crippen LogP contribution is 2.12. The Labute approximate surface area is 136 Å². The van der Waals surface area contributed by atoms with Gasteiger partial charge in [0.25, 0.3) is 5.91 Å². The fourth-order valence-electron chi connectivity index (χ4n) is 2.07. The van der Waals surface area contributed by atoms with Gasteiger partial charge in [-0.3, -0.25) is 4.79 Å². The lowest BCUT2D eigenvalue weighted by atomic mass is 10.0. The Bertz CT molecular complexity index is 814. The first-order valence-electron chi connectivity index (χ1n) is 6.89. The van der Waals surface area contributed by atoms with Gasteiger partial charge in [0, 0.05) is 6.42 Å². The van der Waals surface area contributed by atoms with E-state index in [2.05, 4.69) is 5.32 Å². The minimum Gasteiger partial charge on any atom is -0.480 e. The summed E-state index contributed by atoms with van der Waals surface area (Å²) in [5.41, 5.74) is 0.416. The zero-order valence-corrected chi connectivity index (χ0v) is 12.3. The predicted molar refractivity (Wildman–Crippen MR) is 80.1 cm³/mol. The number of hydrogen-bond donors (Lipinski definition) is 2. The maximum Gasteiger partial charge on any atom is 0.326 e. The Morgan fingerprint density at radius 2 is 1.83 bits per heavy atom. The Morgan fingerprint density at radius 1 is 1.17 bits per heavy atom. The average molecular weight is 330 g/mol. The highest BCUT2D eigenvalue weighted by Gasteiger charge is 2.23. The second kappa shape index (κ2) is 7.33. The van der Waals surface area contributed by atoms with E-state index in [0.717, 1.165) is 18.2 Å². The van der Waals surface area contributed by atoms with Crippen LogP contribution in [0.25, 0.3) is 0 Å². The summed E-state index contributed by atoms with van der Waals surface area (Å²) in [4.78, 5) is 23.3. The van der Waals surface area contributed by atoms with Gasteiger partial charge in [-0.1, -0.05) is 18.2 Å². The predicted octanol–water partition coefficient (Wildman–Crippen LogP) is 2.26. The molecule has 7 heteroatoms. The third-order valence-corrected chi connectivity index (χ3v) is 3.32. The molecule has 2 rings (SSSR count). The van der Waals surface area contributed by atoms with Crippen LogP contribution in [-0.2, 0) is 11.2 Å². The lowest BCUT2D eigenvalue weighted by Gasteiger charge is -2.15. The first-order valence-corrected chi connectivity index (χ1v) is 6.89. The molecule has 122 valence electrons. The molecule has 0 heterocycles. The molecule has 0 saturated carbocycles. The molecule has 0 radical (unpaired) electrons. The van der Waals surface area contributed by atoms with Crippen LogP contribution in [0.4, 0.5) is 8.78 Å². The lowest BCUT2D eigenvalue weighted by Crippen LogP contribution is -2.42. The molecule has 0 fully saturated rings. The minimum absolute atomic E-state index is 0.0658. The summed E-state index contributed by atoms with van der Waals surface area (Å²) in [5, 5.41) is 20.1. The zero-order valence-electron chi connectivity index (χ0n) is 12.3. The summed E-state index contributed by atoms with van der Waals surface area (Å²) in [5.74, 6) is -4.86. The summed E-state index contributed by atoms with van der Waals surface area (Å²) in [7, 11) is 0. The van der Waals surface area contributed by atoms with Crippen molar-refractivity contribution in [2.45, 2.75) is 12.5 Å². The molecule has 0 bridgehead atoms. The smallest absolute Gasteiger partial charge is 0.326 e. The third-order valence-electron chi connectivity index (χ3n) is 3.32. The van der Waals surface area contributed by atoms with Crippen LogP contribution in [0.2, 0.25) is 0 Å². The van der Waals surface area contributed by atoms with Crippen molar-refractivity contribution in [1.82, 2.24) is 5.32 Å². The molecule has 2 aromatic rings. The molecule has 2 aromatic carbocycles. The van der Waals surface area contributed by atoms with E-state index in [0.29, 0.717) is 11.1 Å². The highest BCUT2D eigenvalue weighted by atomic mass is 19.2. The van der Waals surface area contributed by atoms with Gasteiger partial charge < -0.3 is 10.4 Å². The largest absolute Gasteiger partial charge is 0.480 e. The quantitative estimate of drug-likeness (QED) is 0.880. The molecule has 5 nitrogen and oxygen atoms in total. The monoisotopic (exact) mass is 330 g/mol. The maximum absolute atomic E-state index is 13.6. The number of nitrogens with one attached hydrogen (secondary N) is 1. The number of carboxylic acid groups (broad SMARTS) is 1. The van der Waals surface area contributed by atoms with E-state index in [1.54, 1.807) is 12.1 Å². The average Bonchev–Trinajstić information content (AvgIpc) is 2.57. The van der Waals surface area contributed by atoms with Crippen molar-refractivity contribution in [1.29, 1.82) is 5.26 Å². The molecular formula is C17H12F2N2O3. The van der Waals surface area contributed by atoms with E-state index in [-0.39, 0.29) is 6.42 Å². The van der Waals surface area contributed by atoms with Crippen molar-refractivity contribution in [3.05, 3.63) is 70.8 Å². The molecule has 2 N–H and O–H groups in total. The SMILES string of the molecule is N#Cc1ccc(C[C@H](NC(=O)c2cccc(F)c2F)C(=O)O)cc1. The number of rotatable bonds is 5. The van der Waals surface area contributed by atoms with E-state index in [9.17, 15) is 23.5 Å². The van der Waals surface area contributed by atoms with E-state index in [1.165, 1.54) is 12.1 Å². The number of carbonyl (C=O) groups excluding carboxylic acids is 1. The van der Waals surface area contributed by atoms with Crippen molar-refractivity contribution >= 4 is 11.9 Å². The van der Waals surface area contributed by atoms with E-state index >= 15 is 0 Å². The van der Waals surface area contributed by atoms with Gasteiger partial charge in [0.2, 0.25) is 0 Å². The first-order chi connectivity index (χ1) is 11.4. The van der Waals surface area contributed by atoms with E-state index < -0.39 is 35.1 Å². The third kappa shape index (κ3) is 3.93. The normalized spacial score (nSPS) is 11.4. The topological polar surface area (TPSA) is 90.2 Å². The van der Waals surface area contributed by atoms with Crippen LogP contribution in [0.5, 0.6) is 0 Å². The van der Waals surface area contributed by atoms with Crippen molar-refractivity contribution < 1.29 is 23.5 Å². The summed E-state index contributed by atoms with van der Waals surface area (Å²) >= 11 is 0. The summed E-state index contributed by atoms with van der Waals surface area (Å²) < 4.78 is 26.8. The molecule has 0 saturated heterocycles. The molecule has 0 aromatic heterocycles. The number of aliphatic carboxylic acids is 1. The van der Waals surface area contributed by atoms with Crippen molar-refractivity contribution in [3.63, 3.8) is 0 Å². The lowest BCUT2D eigenvalue weighted by molar-refractivity contribution is -0.139. The number of nitrogens with zero attached hydrogens (tertiary/aromatic N) is 1. The second-order valence-electron chi connectivity index (χ2n) is 4.98. The number of hydrogen-bond acceptors (Lipinski definition) is 3. The molecular weight excluding hydrogens is 318 g/mol. The fourth-order valence-corrected chi connectivity index (χ4v) is 2.07. The number of nitriles is 1. The Hall–Kier alpha value is -3.27. The molecule has 0 aliphatic carbocycles. The Morgan fingerprint density at radius 3 is 2.42 bits per heavy atom. The molecule has 0 aliphatic heterocycles. The van der Waals surface area contributed by atoms with Gasteiger partial charge >= 0.3 is 5.97 Å². The number of carboxylic acids is 1. The van der Waals surface area contributed by atoms with Crippen LogP contribution in [0.3, 0.4) is 0 Å². The second-order valence-corrected chi connectivity index (χ2v) is 4.98. The summed E-state index contributed by atoms with van der Waals surface area (Å²) in [6.45, 7) is 0. The molecule has 24 heavy (non-hydrogen) atoms. The van der Waals surface area contributed by atoms with Gasteiger partial charge in [-0.05, 0) is 29.8 Å². The van der Waals surface area contributed by atoms with Gasteiger partial charge in [-0.15, -0.1) is 0 Å². The van der Waals surface area contributed by atoms with Crippen LogP contribution in [0.1, 0.15) is 21.5 Å². The van der Waals surface area contributed by atoms with Crippen LogP contribution in [0, 0.1) is 23.0 Å². The van der Waals surface area contributed by atoms with Crippen LogP contribution in [-0.4, -0.2) is 23.0 Å². The van der Waals surface area contributed by atoms with E-state index in [1.807, 2.05) is 6.07 Å². The zero-order chi connectivity index (χ0) is 17.7. The molecule has 0 aliphatic rings.